The van der Waals surface area contributed by atoms with Crippen molar-refractivity contribution < 1.29 is 19.1 Å². The summed E-state index contributed by atoms with van der Waals surface area (Å²) < 4.78 is 8.83. The summed E-state index contributed by atoms with van der Waals surface area (Å²) in [5, 5.41) is 0. The van der Waals surface area contributed by atoms with E-state index in [4.69, 9.17) is 4.74 Å². The van der Waals surface area contributed by atoms with Gasteiger partial charge >= 0.3 is 5.97 Å². The fourth-order valence-corrected chi connectivity index (χ4v) is 3.96. The summed E-state index contributed by atoms with van der Waals surface area (Å²) in [7, 11) is 0. The first-order valence-electron chi connectivity index (χ1n) is 8.02. The molecule has 1 unspecified atom stereocenters. The van der Waals surface area contributed by atoms with Crippen LogP contribution in [0.4, 0.5) is 0 Å². The molecule has 0 saturated carbocycles. The van der Waals surface area contributed by atoms with Crippen LogP contribution in [0.3, 0.4) is 0 Å². The Bertz CT molecular complexity index is 952. The van der Waals surface area contributed by atoms with Gasteiger partial charge in [0.15, 0.2) is 11.9 Å². The van der Waals surface area contributed by atoms with Gasteiger partial charge in [-0.2, -0.15) is 0 Å². The molecule has 122 valence electrons. The number of aryl methyl sites for hydroxylation is 1. The molecule has 2 aliphatic heterocycles. The van der Waals surface area contributed by atoms with Crippen LogP contribution in [0, 0.1) is 0 Å². The zero-order valence-corrected chi connectivity index (χ0v) is 13.0. The molecule has 4 heterocycles. The largest absolute Gasteiger partial charge is 0.454 e. The van der Waals surface area contributed by atoms with E-state index in [2.05, 4.69) is 9.97 Å². The Morgan fingerprint density at radius 1 is 1.08 bits per heavy atom. The predicted molar refractivity (Wildman–Crippen MR) is 78.8 cm³/mol. The third-order valence-electron chi connectivity index (χ3n) is 4.90. The van der Waals surface area contributed by atoms with Crippen LogP contribution < -0.4 is 0 Å². The van der Waals surface area contributed by atoms with Gasteiger partial charge in [0.2, 0.25) is 11.6 Å². The van der Waals surface area contributed by atoms with Crippen molar-refractivity contribution in [1.82, 2.24) is 19.1 Å². The maximum atomic E-state index is 13.0. The highest BCUT2D eigenvalue weighted by Gasteiger charge is 2.43. The van der Waals surface area contributed by atoms with Crippen LogP contribution >= 0.6 is 0 Å². The smallest absolute Gasteiger partial charge is 0.303 e. The molecule has 2 aromatic rings. The summed E-state index contributed by atoms with van der Waals surface area (Å²) in [6.07, 6.45) is 1.77. The van der Waals surface area contributed by atoms with Crippen LogP contribution in [0.1, 0.15) is 69.9 Å². The van der Waals surface area contributed by atoms with Gasteiger partial charge in [-0.1, -0.05) is 0 Å². The number of aromatic nitrogens is 4. The minimum absolute atomic E-state index is 0.135. The van der Waals surface area contributed by atoms with Crippen molar-refractivity contribution in [3.8, 4) is 0 Å². The van der Waals surface area contributed by atoms with E-state index in [1.807, 2.05) is 4.57 Å². The summed E-state index contributed by atoms with van der Waals surface area (Å²) in [6, 6.07) is 0. The molecule has 1 atom stereocenters. The molecule has 0 radical (unpaired) electrons. The summed E-state index contributed by atoms with van der Waals surface area (Å²) >= 11 is 0. The minimum Gasteiger partial charge on any atom is -0.454 e. The molecule has 0 spiro atoms. The molecular weight excluding hydrogens is 312 g/mol. The number of hydrogen-bond donors (Lipinski definition) is 0. The normalized spacial score (nSPS) is 20.6. The lowest BCUT2D eigenvalue weighted by atomic mass is 9.98. The van der Waals surface area contributed by atoms with Crippen molar-refractivity contribution in [2.24, 2.45) is 0 Å². The van der Waals surface area contributed by atoms with Crippen molar-refractivity contribution in [3.63, 3.8) is 0 Å². The summed E-state index contributed by atoms with van der Waals surface area (Å²) in [5.41, 5.74) is 1.05. The summed E-state index contributed by atoms with van der Waals surface area (Å²) in [6.45, 7) is 2.55. The first-order chi connectivity index (χ1) is 11.6. The average Bonchev–Trinajstić information content (AvgIpc) is 3.23. The van der Waals surface area contributed by atoms with Crippen LogP contribution in [0.25, 0.3) is 0 Å². The molecule has 0 bridgehead atoms. The van der Waals surface area contributed by atoms with Crippen LogP contribution in [0.5, 0.6) is 0 Å². The number of fused-ring (bicyclic) bond motifs is 6. The second kappa shape index (κ2) is 4.40. The topological polar surface area (TPSA) is 96.1 Å². The highest BCUT2D eigenvalue weighted by atomic mass is 16.5. The van der Waals surface area contributed by atoms with E-state index in [1.165, 1.54) is 6.92 Å². The maximum Gasteiger partial charge on any atom is 0.303 e. The quantitative estimate of drug-likeness (QED) is 0.614. The molecule has 8 heteroatoms. The van der Waals surface area contributed by atoms with Gasteiger partial charge in [-0.25, -0.2) is 9.97 Å². The zero-order chi connectivity index (χ0) is 16.6. The standard InChI is InChI=1S/C16H14N4O4/c1-7(21)24-8-4-6-20-13-11(18-16(8)20)14(22)10-12(15(13)23)19-5-2-3-9(19)17-10/h8H,2-6H2,1H3. The molecule has 0 saturated heterocycles. The molecule has 0 amide bonds. The van der Waals surface area contributed by atoms with Gasteiger partial charge in [-0.3, -0.25) is 14.4 Å². The summed E-state index contributed by atoms with van der Waals surface area (Å²) in [4.78, 5) is 45.8. The average molecular weight is 326 g/mol. The Balaban J connectivity index is 1.67. The van der Waals surface area contributed by atoms with Crippen molar-refractivity contribution in [2.75, 3.05) is 0 Å². The van der Waals surface area contributed by atoms with Gasteiger partial charge < -0.3 is 13.9 Å². The number of imidazole rings is 2. The second-order valence-corrected chi connectivity index (χ2v) is 6.34. The van der Waals surface area contributed by atoms with Gasteiger partial charge in [0.1, 0.15) is 28.6 Å². The molecule has 1 aliphatic carbocycles. The lowest BCUT2D eigenvalue weighted by Crippen LogP contribution is -2.25. The van der Waals surface area contributed by atoms with Crippen molar-refractivity contribution >= 4 is 17.5 Å². The summed E-state index contributed by atoms with van der Waals surface area (Å²) in [5.74, 6) is 0.349. The predicted octanol–water partition coefficient (Wildman–Crippen LogP) is 0.809. The molecule has 2 aromatic heterocycles. The third-order valence-corrected chi connectivity index (χ3v) is 4.90. The van der Waals surface area contributed by atoms with Crippen LogP contribution in [0.15, 0.2) is 0 Å². The molecule has 5 rings (SSSR count). The second-order valence-electron chi connectivity index (χ2n) is 6.34. The van der Waals surface area contributed by atoms with Crippen molar-refractivity contribution in [2.45, 2.75) is 45.4 Å². The Morgan fingerprint density at radius 2 is 1.83 bits per heavy atom. The van der Waals surface area contributed by atoms with E-state index < -0.39 is 12.1 Å². The van der Waals surface area contributed by atoms with Gasteiger partial charge in [0, 0.05) is 32.9 Å². The molecule has 24 heavy (non-hydrogen) atoms. The number of carbonyl (C=O) groups excluding carboxylic acids is 3. The van der Waals surface area contributed by atoms with Crippen LogP contribution in [-0.4, -0.2) is 36.6 Å². The number of nitrogens with zero attached hydrogens (tertiary/aromatic N) is 4. The number of esters is 1. The number of hydrogen-bond acceptors (Lipinski definition) is 6. The van der Waals surface area contributed by atoms with E-state index >= 15 is 0 Å². The molecule has 0 aromatic carbocycles. The molecule has 0 N–H and O–H groups in total. The molecular formula is C16H14N4O4. The first kappa shape index (κ1) is 13.6. The van der Waals surface area contributed by atoms with Crippen molar-refractivity contribution in [1.29, 1.82) is 0 Å². The maximum absolute atomic E-state index is 13.0. The molecule has 3 aliphatic rings. The Morgan fingerprint density at radius 3 is 2.62 bits per heavy atom. The number of ketones is 2. The van der Waals surface area contributed by atoms with Crippen LogP contribution in [0.2, 0.25) is 0 Å². The fraction of sp³-hybridized carbons (Fsp3) is 0.438. The van der Waals surface area contributed by atoms with Gasteiger partial charge in [-0.05, 0) is 6.42 Å². The number of rotatable bonds is 1. The Labute approximate surface area is 136 Å². The fourth-order valence-electron chi connectivity index (χ4n) is 3.96. The van der Waals surface area contributed by atoms with Gasteiger partial charge in [0.05, 0.1) is 0 Å². The monoisotopic (exact) mass is 326 g/mol. The third kappa shape index (κ3) is 1.55. The SMILES string of the molecule is CC(=O)OC1CCn2c1nc1c2C(=O)c2c(nc3n2CCC3)C1=O. The zero-order valence-electron chi connectivity index (χ0n) is 13.0. The van der Waals surface area contributed by atoms with E-state index in [0.29, 0.717) is 36.7 Å². The van der Waals surface area contributed by atoms with Crippen LogP contribution in [-0.2, 0) is 29.0 Å². The number of ether oxygens (including phenoxy) is 1. The Kier molecular flexibility index (Phi) is 2.50. The molecule has 0 fully saturated rings. The first-order valence-corrected chi connectivity index (χ1v) is 8.02. The lowest BCUT2D eigenvalue weighted by Gasteiger charge is -2.13. The van der Waals surface area contributed by atoms with E-state index in [9.17, 15) is 14.4 Å². The van der Waals surface area contributed by atoms with E-state index in [0.717, 1.165) is 18.7 Å². The van der Waals surface area contributed by atoms with E-state index in [-0.39, 0.29) is 23.0 Å². The number of carbonyl (C=O) groups is 3. The van der Waals surface area contributed by atoms with Gasteiger partial charge in [-0.15, -0.1) is 0 Å². The van der Waals surface area contributed by atoms with E-state index in [1.54, 1.807) is 4.57 Å². The van der Waals surface area contributed by atoms with Crippen molar-refractivity contribution in [3.05, 3.63) is 34.4 Å². The lowest BCUT2D eigenvalue weighted by molar-refractivity contribution is -0.146. The molecule has 8 nitrogen and oxygen atoms in total. The highest BCUT2D eigenvalue weighted by Crippen LogP contribution is 2.36. The minimum atomic E-state index is -0.505. The highest BCUT2D eigenvalue weighted by molar-refractivity contribution is 6.26. The Hall–Kier alpha value is -2.77. The van der Waals surface area contributed by atoms with Gasteiger partial charge in [0.25, 0.3) is 0 Å².